The Morgan fingerprint density at radius 3 is 2.47 bits per heavy atom. The fourth-order valence-corrected chi connectivity index (χ4v) is 2.85. The predicted octanol–water partition coefficient (Wildman–Crippen LogP) is 3.84. The van der Waals surface area contributed by atoms with E-state index in [1.165, 1.54) is 31.7 Å². The van der Waals surface area contributed by atoms with Crippen LogP contribution in [-0.2, 0) is 0 Å². The number of amides is 1. The summed E-state index contributed by atoms with van der Waals surface area (Å²) in [7, 11) is 1.83. The summed E-state index contributed by atoms with van der Waals surface area (Å²) in [4.78, 5) is 14.2. The van der Waals surface area contributed by atoms with Crippen molar-refractivity contribution >= 4 is 17.5 Å². The summed E-state index contributed by atoms with van der Waals surface area (Å²) in [6.45, 7) is 0. The van der Waals surface area contributed by atoms with E-state index in [4.69, 9.17) is 11.6 Å². The van der Waals surface area contributed by atoms with Gasteiger partial charge in [0.05, 0.1) is 5.56 Å². The number of benzene rings is 1. The summed E-state index contributed by atoms with van der Waals surface area (Å²) in [6.07, 6.45) is 6.96. The minimum Gasteiger partial charge on any atom is -0.507 e. The third-order valence-electron chi connectivity index (χ3n) is 3.88. The lowest BCUT2D eigenvalue weighted by Crippen LogP contribution is -2.36. The van der Waals surface area contributed by atoms with Crippen LogP contribution in [0.1, 0.15) is 48.9 Å². The second kappa shape index (κ2) is 6.29. The number of phenolic OH excluding ortho intramolecular Hbond substituents is 1. The highest BCUT2D eigenvalue weighted by molar-refractivity contribution is 6.30. The van der Waals surface area contributed by atoms with Crippen LogP contribution in [0.5, 0.6) is 5.75 Å². The molecule has 1 aromatic carbocycles. The Labute approximate surface area is 119 Å². The van der Waals surface area contributed by atoms with Crippen molar-refractivity contribution in [1.82, 2.24) is 4.90 Å². The molecule has 19 heavy (non-hydrogen) atoms. The fraction of sp³-hybridized carbons (Fsp3) is 0.533. The van der Waals surface area contributed by atoms with Gasteiger partial charge in [-0.3, -0.25) is 4.79 Å². The van der Waals surface area contributed by atoms with Gasteiger partial charge in [-0.25, -0.2) is 0 Å². The molecule has 0 atom stereocenters. The standard InChI is InChI=1S/C15H20ClNO2/c1-17(12-6-4-2-3-5-7-12)15(19)13-9-8-11(16)10-14(13)18/h8-10,12,18H,2-7H2,1H3. The maximum atomic E-state index is 12.4. The molecule has 1 amide bonds. The van der Waals surface area contributed by atoms with Crippen LogP contribution in [0.2, 0.25) is 5.02 Å². The molecule has 1 N–H and O–H groups in total. The Morgan fingerprint density at radius 2 is 1.89 bits per heavy atom. The number of hydrogen-bond acceptors (Lipinski definition) is 2. The third-order valence-corrected chi connectivity index (χ3v) is 4.12. The van der Waals surface area contributed by atoms with E-state index in [1.54, 1.807) is 17.0 Å². The molecule has 1 fully saturated rings. The molecular weight excluding hydrogens is 262 g/mol. The molecule has 0 heterocycles. The minimum atomic E-state index is -0.124. The van der Waals surface area contributed by atoms with Crippen LogP contribution in [0.3, 0.4) is 0 Å². The zero-order chi connectivity index (χ0) is 13.8. The fourth-order valence-electron chi connectivity index (χ4n) is 2.69. The molecule has 1 saturated carbocycles. The average molecular weight is 282 g/mol. The minimum absolute atomic E-state index is 0.0435. The highest BCUT2D eigenvalue weighted by atomic mass is 35.5. The highest BCUT2D eigenvalue weighted by Crippen LogP contribution is 2.26. The van der Waals surface area contributed by atoms with Gasteiger partial charge < -0.3 is 10.0 Å². The third kappa shape index (κ3) is 3.41. The van der Waals surface area contributed by atoms with E-state index in [-0.39, 0.29) is 17.7 Å². The number of phenols is 1. The first-order valence-corrected chi connectivity index (χ1v) is 7.23. The normalized spacial score (nSPS) is 16.9. The first-order valence-electron chi connectivity index (χ1n) is 6.85. The molecule has 2 rings (SSSR count). The molecule has 0 saturated heterocycles. The van der Waals surface area contributed by atoms with E-state index in [0.29, 0.717) is 10.6 Å². The zero-order valence-electron chi connectivity index (χ0n) is 11.2. The van der Waals surface area contributed by atoms with Crippen LogP contribution in [0.4, 0.5) is 0 Å². The first kappa shape index (κ1) is 14.2. The van der Waals surface area contributed by atoms with Crippen molar-refractivity contribution in [3.63, 3.8) is 0 Å². The number of carbonyl (C=O) groups is 1. The predicted molar refractivity (Wildman–Crippen MR) is 76.7 cm³/mol. The molecule has 0 bridgehead atoms. The largest absolute Gasteiger partial charge is 0.507 e. The molecule has 104 valence electrons. The molecular formula is C15H20ClNO2. The zero-order valence-corrected chi connectivity index (χ0v) is 12.0. The van der Waals surface area contributed by atoms with Crippen LogP contribution >= 0.6 is 11.6 Å². The first-order chi connectivity index (χ1) is 9.09. The van der Waals surface area contributed by atoms with Gasteiger partial charge in [-0.15, -0.1) is 0 Å². The molecule has 3 nitrogen and oxygen atoms in total. The van der Waals surface area contributed by atoms with Crippen molar-refractivity contribution in [2.45, 2.75) is 44.6 Å². The smallest absolute Gasteiger partial charge is 0.257 e. The van der Waals surface area contributed by atoms with E-state index in [0.717, 1.165) is 12.8 Å². The molecule has 1 aliphatic rings. The number of nitrogens with zero attached hydrogens (tertiary/aromatic N) is 1. The lowest BCUT2D eigenvalue weighted by atomic mass is 10.1. The van der Waals surface area contributed by atoms with Crippen molar-refractivity contribution < 1.29 is 9.90 Å². The van der Waals surface area contributed by atoms with Gasteiger partial charge in [-0.1, -0.05) is 37.3 Å². The van der Waals surface area contributed by atoms with Gasteiger partial charge in [0.2, 0.25) is 0 Å². The SMILES string of the molecule is CN(C(=O)c1ccc(Cl)cc1O)C1CCCCCC1. The van der Waals surface area contributed by atoms with Crippen LogP contribution in [0, 0.1) is 0 Å². The van der Waals surface area contributed by atoms with Gasteiger partial charge in [0.1, 0.15) is 5.75 Å². The van der Waals surface area contributed by atoms with E-state index in [1.807, 2.05) is 7.05 Å². The lowest BCUT2D eigenvalue weighted by Gasteiger charge is -2.27. The Hall–Kier alpha value is -1.22. The summed E-state index contributed by atoms with van der Waals surface area (Å²) in [5, 5.41) is 10.3. The molecule has 1 aromatic rings. The van der Waals surface area contributed by atoms with Gasteiger partial charge >= 0.3 is 0 Å². The van der Waals surface area contributed by atoms with Gasteiger partial charge in [0.15, 0.2) is 0 Å². The summed E-state index contributed by atoms with van der Waals surface area (Å²) in [6, 6.07) is 4.92. The maximum absolute atomic E-state index is 12.4. The second-order valence-electron chi connectivity index (χ2n) is 5.22. The molecule has 0 aliphatic heterocycles. The molecule has 0 aromatic heterocycles. The summed E-state index contributed by atoms with van der Waals surface area (Å²) in [5.74, 6) is -0.168. The van der Waals surface area contributed by atoms with Gasteiger partial charge in [-0.05, 0) is 31.0 Å². The van der Waals surface area contributed by atoms with Crippen LogP contribution in [0.15, 0.2) is 18.2 Å². The number of rotatable bonds is 2. The van der Waals surface area contributed by atoms with Gasteiger partial charge in [0.25, 0.3) is 5.91 Å². The summed E-state index contributed by atoms with van der Waals surface area (Å²) < 4.78 is 0. The van der Waals surface area contributed by atoms with E-state index >= 15 is 0 Å². The highest BCUT2D eigenvalue weighted by Gasteiger charge is 2.23. The van der Waals surface area contributed by atoms with Crippen LogP contribution in [-0.4, -0.2) is 29.0 Å². The Bertz CT molecular complexity index is 453. The maximum Gasteiger partial charge on any atom is 0.257 e. The number of hydrogen-bond donors (Lipinski definition) is 1. The summed E-state index contributed by atoms with van der Waals surface area (Å²) in [5.41, 5.74) is 0.330. The summed E-state index contributed by atoms with van der Waals surface area (Å²) >= 11 is 5.79. The second-order valence-corrected chi connectivity index (χ2v) is 5.66. The molecule has 0 spiro atoms. The Morgan fingerprint density at radius 1 is 1.26 bits per heavy atom. The number of carbonyl (C=O) groups excluding carboxylic acids is 1. The van der Waals surface area contributed by atoms with Crippen molar-refractivity contribution in [3.05, 3.63) is 28.8 Å². The van der Waals surface area contributed by atoms with Crippen molar-refractivity contribution in [1.29, 1.82) is 0 Å². The number of halogens is 1. The van der Waals surface area contributed by atoms with E-state index in [2.05, 4.69) is 0 Å². The Balaban J connectivity index is 2.13. The van der Waals surface area contributed by atoms with Crippen molar-refractivity contribution in [3.8, 4) is 5.75 Å². The van der Waals surface area contributed by atoms with Crippen molar-refractivity contribution in [2.75, 3.05) is 7.05 Å². The van der Waals surface area contributed by atoms with Gasteiger partial charge in [0, 0.05) is 18.1 Å². The van der Waals surface area contributed by atoms with Crippen LogP contribution < -0.4 is 0 Å². The molecule has 1 aliphatic carbocycles. The van der Waals surface area contributed by atoms with E-state index < -0.39 is 0 Å². The van der Waals surface area contributed by atoms with Gasteiger partial charge in [-0.2, -0.15) is 0 Å². The average Bonchev–Trinajstić information content (AvgIpc) is 2.66. The Kier molecular flexibility index (Phi) is 4.70. The quantitative estimate of drug-likeness (QED) is 0.837. The molecule has 0 unspecified atom stereocenters. The monoisotopic (exact) mass is 281 g/mol. The number of aromatic hydroxyl groups is 1. The van der Waals surface area contributed by atoms with Crippen LogP contribution in [0.25, 0.3) is 0 Å². The molecule has 4 heteroatoms. The topological polar surface area (TPSA) is 40.5 Å². The van der Waals surface area contributed by atoms with Crippen molar-refractivity contribution in [2.24, 2.45) is 0 Å². The lowest BCUT2D eigenvalue weighted by molar-refractivity contribution is 0.0714. The van der Waals surface area contributed by atoms with E-state index in [9.17, 15) is 9.90 Å². The molecule has 0 radical (unpaired) electrons.